The summed E-state index contributed by atoms with van der Waals surface area (Å²) in [5, 5.41) is 0. The first kappa shape index (κ1) is 15.7. The Bertz CT molecular complexity index is 508. The lowest BCUT2D eigenvalue weighted by Crippen LogP contribution is -2.38. The minimum absolute atomic E-state index is 0.230. The number of hydrogen-bond acceptors (Lipinski definition) is 3. The number of ether oxygens (including phenoxy) is 1. The van der Waals surface area contributed by atoms with Gasteiger partial charge in [0.15, 0.2) is 5.78 Å². The Labute approximate surface area is 126 Å². The SMILES string of the molecule is COC(=O)c1ccc(C(=O)C2(C(C)C)CCCCC2)cc1. The molecule has 1 aliphatic carbocycles. The molecule has 0 heterocycles. The third-order valence-corrected chi connectivity index (χ3v) is 4.87. The zero-order chi connectivity index (χ0) is 15.5. The van der Waals surface area contributed by atoms with Crippen LogP contribution in [0, 0.1) is 11.3 Å². The molecule has 2 rings (SSSR count). The Morgan fingerprint density at radius 1 is 1.00 bits per heavy atom. The number of benzene rings is 1. The lowest BCUT2D eigenvalue weighted by molar-refractivity contribution is 0.0578. The van der Waals surface area contributed by atoms with Gasteiger partial charge in [0.1, 0.15) is 0 Å². The van der Waals surface area contributed by atoms with Crippen LogP contribution in [0.4, 0.5) is 0 Å². The van der Waals surface area contributed by atoms with E-state index in [2.05, 4.69) is 18.6 Å². The van der Waals surface area contributed by atoms with Crippen molar-refractivity contribution in [2.45, 2.75) is 46.0 Å². The molecule has 3 heteroatoms. The zero-order valence-electron chi connectivity index (χ0n) is 13.1. The van der Waals surface area contributed by atoms with E-state index in [4.69, 9.17) is 0 Å². The fourth-order valence-electron chi connectivity index (χ4n) is 3.41. The lowest BCUT2D eigenvalue weighted by Gasteiger charge is -2.39. The second-order valence-electron chi connectivity index (χ2n) is 6.27. The Hall–Kier alpha value is -1.64. The topological polar surface area (TPSA) is 43.4 Å². The highest BCUT2D eigenvalue weighted by molar-refractivity contribution is 6.01. The minimum Gasteiger partial charge on any atom is -0.465 e. The first-order valence-electron chi connectivity index (χ1n) is 7.74. The van der Waals surface area contributed by atoms with Crippen molar-refractivity contribution < 1.29 is 14.3 Å². The summed E-state index contributed by atoms with van der Waals surface area (Å²) in [6.45, 7) is 4.29. The highest BCUT2D eigenvalue weighted by Gasteiger charge is 2.42. The van der Waals surface area contributed by atoms with Crippen LogP contribution in [0.1, 0.15) is 66.7 Å². The van der Waals surface area contributed by atoms with Crippen LogP contribution in [-0.4, -0.2) is 18.9 Å². The van der Waals surface area contributed by atoms with E-state index < -0.39 is 0 Å². The van der Waals surface area contributed by atoms with Crippen molar-refractivity contribution in [3.8, 4) is 0 Å². The maximum atomic E-state index is 13.0. The normalized spacial score (nSPS) is 17.5. The highest BCUT2D eigenvalue weighted by atomic mass is 16.5. The van der Waals surface area contributed by atoms with Gasteiger partial charge in [-0.3, -0.25) is 4.79 Å². The molecule has 0 saturated heterocycles. The molecule has 0 radical (unpaired) electrons. The molecule has 0 aromatic heterocycles. The van der Waals surface area contributed by atoms with Gasteiger partial charge in [0.2, 0.25) is 0 Å². The molecule has 1 aromatic carbocycles. The predicted octanol–water partition coefficient (Wildman–Crippen LogP) is 4.26. The Kier molecular flexibility index (Phi) is 4.81. The fourth-order valence-corrected chi connectivity index (χ4v) is 3.41. The minimum atomic E-state index is -0.370. The number of rotatable bonds is 4. The quantitative estimate of drug-likeness (QED) is 0.614. The number of carbonyl (C=O) groups excluding carboxylic acids is 2. The third-order valence-electron chi connectivity index (χ3n) is 4.87. The molecule has 0 unspecified atom stereocenters. The van der Waals surface area contributed by atoms with Crippen LogP contribution in [-0.2, 0) is 4.74 Å². The van der Waals surface area contributed by atoms with Crippen molar-refractivity contribution >= 4 is 11.8 Å². The molecular weight excluding hydrogens is 264 g/mol. The van der Waals surface area contributed by atoms with Crippen molar-refractivity contribution in [3.63, 3.8) is 0 Å². The van der Waals surface area contributed by atoms with Gasteiger partial charge >= 0.3 is 5.97 Å². The first-order valence-corrected chi connectivity index (χ1v) is 7.74. The second kappa shape index (κ2) is 6.42. The van der Waals surface area contributed by atoms with E-state index in [0.717, 1.165) is 25.7 Å². The maximum absolute atomic E-state index is 13.0. The number of ketones is 1. The smallest absolute Gasteiger partial charge is 0.337 e. The number of Topliss-reactive ketones (excluding diaryl/α,β-unsaturated/α-hetero) is 1. The van der Waals surface area contributed by atoms with E-state index in [1.54, 1.807) is 24.3 Å². The molecule has 3 nitrogen and oxygen atoms in total. The van der Waals surface area contributed by atoms with Gasteiger partial charge in [-0.05, 0) is 30.9 Å². The van der Waals surface area contributed by atoms with E-state index in [-0.39, 0.29) is 17.2 Å². The van der Waals surface area contributed by atoms with Crippen LogP contribution in [0.15, 0.2) is 24.3 Å². The number of hydrogen-bond donors (Lipinski definition) is 0. The first-order chi connectivity index (χ1) is 10.0. The van der Waals surface area contributed by atoms with Crippen molar-refractivity contribution in [1.82, 2.24) is 0 Å². The maximum Gasteiger partial charge on any atom is 0.337 e. The highest BCUT2D eigenvalue weighted by Crippen LogP contribution is 2.44. The molecule has 114 valence electrons. The van der Waals surface area contributed by atoms with Gasteiger partial charge in [0.05, 0.1) is 12.7 Å². The Morgan fingerprint density at radius 2 is 1.52 bits per heavy atom. The molecule has 1 fully saturated rings. The molecule has 1 saturated carbocycles. The van der Waals surface area contributed by atoms with Crippen molar-refractivity contribution in [3.05, 3.63) is 35.4 Å². The summed E-state index contributed by atoms with van der Waals surface area (Å²) in [4.78, 5) is 24.5. The molecule has 1 aliphatic rings. The summed E-state index contributed by atoms with van der Waals surface area (Å²) in [7, 11) is 1.36. The number of esters is 1. The van der Waals surface area contributed by atoms with Gasteiger partial charge in [0, 0.05) is 11.0 Å². The van der Waals surface area contributed by atoms with Gasteiger partial charge in [-0.2, -0.15) is 0 Å². The van der Waals surface area contributed by atoms with Crippen molar-refractivity contribution in [2.24, 2.45) is 11.3 Å². The summed E-state index contributed by atoms with van der Waals surface area (Å²) in [5.41, 5.74) is 0.958. The fraction of sp³-hybridized carbons (Fsp3) is 0.556. The predicted molar refractivity (Wildman–Crippen MR) is 82.5 cm³/mol. The van der Waals surface area contributed by atoms with Crippen molar-refractivity contribution in [2.75, 3.05) is 7.11 Å². The summed E-state index contributed by atoms with van der Waals surface area (Å²) >= 11 is 0. The molecule has 0 bridgehead atoms. The summed E-state index contributed by atoms with van der Waals surface area (Å²) in [6, 6.07) is 6.87. The average molecular weight is 288 g/mol. The summed E-state index contributed by atoms with van der Waals surface area (Å²) < 4.78 is 4.69. The Morgan fingerprint density at radius 3 is 2.00 bits per heavy atom. The van der Waals surface area contributed by atoms with Crippen LogP contribution in [0.25, 0.3) is 0 Å². The standard InChI is InChI=1S/C18H24O3/c1-13(2)18(11-5-4-6-12-18)16(19)14-7-9-15(10-8-14)17(20)21-3/h7-10,13H,4-6,11-12H2,1-3H3. The molecule has 0 N–H and O–H groups in total. The second-order valence-corrected chi connectivity index (χ2v) is 6.27. The molecule has 1 aromatic rings. The number of carbonyl (C=O) groups is 2. The van der Waals surface area contributed by atoms with Crippen LogP contribution >= 0.6 is 0 Å². The van der Waals surface area contributed by atoms with E-state index in [1.165, 1.54) is 13.5 Å². The summed E-state index contributed by atoms with van der Waals surface area (Å²) in [5.74, 6) is 0.199. The van der Waals surface area contributed by atoms with E-state index in [1.807, 2.05) is 0 Å². The molecule has 0 spiro atoms. The van der Waals surface area contributed by atoms with Crippen LogP contribution in [0.3, 0.4) is 0 Å². The van der Waals surface area contributed by atoms with Gasteiger partial charge < -0.3 is 4.74 Å². The number of methoxy groups -OCH3 is 1. The van der Waals surface area contributed by atoms with Gasteiger partial charge in [-0.1, -0.05) is 45.2 Å². The average Bonchev–Trinajstić information content (AvgIpc) is 2.54. The largest absolute Gasteiger partial charge is 0.465 e. The molecular formula is C18H24O3. The van der Waals surface area contributed by atoms with Crippen LogP contribution < -0.4 is 0 Å². The Balaban J connectivity index is 2.27. The molecule has 0 amide bonds. The van der Waals surface area contributed by atoms with Crippen LogP contribution in [0.5, 0.6) is 0 Å². The molecule has 0 aliphatic heterocycles. The zero-order valence-corrected chi connectivity index (χ0v) is 13.1. The van der Waals surface area contributed by atoms with E-state index in [0.29, 0.717) is 17.0 Å². The van der Waals surface area contributed by atoms with E-state index >= 15 is 0 Å². The lowest BCUT2D eigenvalue weighted by atomic mass is 9.63. The van der Waals surface area contributed by atoms with Gasteiger partial charge in [-0.15, -0.1) is 0 Å². The van der Waals surface area contributed by atoms with Gasteiger partial charge in [-0.25, -0.2) is 4.79 Å². The third kappa shape index (κ3) is 3.02. The van der Waals surface area contributed by atoms with E-state index in [9.17, 15) is 9.59 Å². The molecule has 21 heavy (non-hydrogen) atoms. The van der Waals surface area contributed by atoms with Crippen molar-refractivity contribution in [1.29, 1.82) is 0 Å². The van der Waals surface area contributed by atoms with Crippen LogP contribution in [0.2, 0.25) is 0 Å². The molecule has 0 atom stereocenters. The van der Waals surface area contributed by atoms with Gasteiger partial charge in [0.25, 0.3) is 0 Å². The monoisotopic (exact) mass is 288 g/mol. The summed E-state index contributed by atoms with van der Waals surface area (Å²) in [6.07, 6.45) is 5.43.